The van der Waals surface area contributed by atoms with E-state index in [1.165, 1.54) is 12.1 Å². The van der Waals surface area contributed by atoms with Gasteiger partial charge in [0.2, 0.25) is 0 Å². The Hall–Kier alpha value is -1.65. The average molecular weight is 310 g/mol. The number of hydrogen-bond acceptors (Lipinski definition) is 1. The lowest BCUT2D eigenvalue weighted by molar-refractivity contribution is 0.230. The molecule has 1 aromatic carbocycles. The van der Waals surface area contributed by atoms with Crippen molar-refractivity contribution in [3.63, 3.8) is 0 Å². The maximum absolute atomic E-state index is 14.2. The Morgan fingerprint density at radius 2 is 1.86 bits per heavy atom. The molecule has 5 heteroatoms. The summed E-state index contributed by atoms with van der Waals surface area (Å²) in [6, 6.07) is 3.38. The Labute approximate surface area is 130 Å². The number of hydrogen-bond donors (Lipinski definition) is 2. The molecule has 0 heterocycles. The topological polar surface area (TPSA) is 41.1 Å². The Morgan fingerprint density at radius 1 is 1.27 bits per heavy atom. The highest BCUT2D eigenvalue weighted by molar-refractivity contribution is 5.75. The molecule has 0 aliphatic heterocycles. The molecule has 22 heavy (non-hydrogen) atoms. The summed E-state index contributed by atoms with van der Waals surface area (Å²) in [5.41, 5.74) is -0.493. The summed E-state index contributed by atoms with van der Waals surface area (Å²) >= 11 is 0. The summed E-state index contributed by atoms with van der Waals surface area (Å²) in [7, 11) is 0. The largest absolute Gasteiger partial charge is 0.337 e. The minimum absolute atomic E-state index is 0.138. The fraction of sp³-hybridized carbons (Fsp3) is 0.588. The SMILES string of the molecule is CC(C)(C)NC(=O)NCC1(c2ccc(F)cc2F)CC1(C)C. The molecule has 0 spiro atoms. The zero-order valence-corrected chi connectivity index (χ0v) is 13.8. The van der Waals surface area contributed by atoms with Gasteiger partial charge in [-0.25, -0.2) is 13.6 Å². The van der Waals surface area contributed by atoms with Crippen molar-refractivity contribution in [1.29, 1.82) is 0 Å². The number of amides is 2. The highest BCUT2D eigenvalue weighted by Gasteiger charge is 2.62. The van der Waals surface area contributed by atoms with Crippen LogP contribution >= 0.6 is 0 Å². The molecule has 3 nitrogen and oxygen atoms in total. The number of carbonyl (C=O) groups excluding carboxylic acids is 1. The molecule has 1 aromatic rings. The third-order valence-corrected chi connectivity index (χ3v) is 4.40. The zero-order valence-electron chi connectivity index (χ0n) is 13.8. The predicted molar refractivity (Wildman–Crippen MR) is 82.7 cm³/mol. The first-order valence-corrected chi connectivity index (χ1v) is 7.48. The lowest BCUT2D eigenvalue weighted by Crippen LogP contribution is -2.48. The van der Waals surface area contributed by atoms with E-state index in [0.717, 1.165) is 12.5 Å². The van der Waals surface area contributed by atoms with Crippen molar-refractivity contribution in [2.75, 3.05) is 6.54 Å². The number of nitrogens with one attached hydrogen (secondary N) is 2. The van der Waals surface area contributed by atoms with E-state index < -0.39 is 17.0 Å². The third-order valence-electron chi connectivity index (χ3n) is 4.40. The molecule has 1 atom stereocenters. The van der Waals surface area contributed by atoms with Gasteiger partial charge in [-0.2, -0.15) is 0 Å². The molecular weight excluding hydrogens is 286 g/mol. The predicted octanol–water partition coefficient (Wildman–Crippen LogP) is 3.73. The molecule has 2 amide bonds. The lowest BCUT2D eigenvalue weighted by atomic mass is 9.87. The van der Waals surface area contributed by atoms with E-state index in [1.807, 2.05) is 34.6 Å². The van der Waals surface area contributed by atoms with Crippen LogP contribution in [0.4, 0.5) is 13.6 Å². The standard InChI is InChI=1S/C17H24F2N2O/c1-15(2,3)21-14(22)20-10-17(9-16(17,4)5)12-7-6-11(18)8-13(12)19/h6-8H,9-10H2,1-5H3,(H2,20,21,22). The normalized spacial score (nSPS) is 23.0. The van der Waals surface area contributed by atoms with E-state index in [1.54, 1.807) is 0 Å². The molecule has 1 aliphatic carbocycles. The average Bonchev–Trinajstić information content (AvgIpc) is 2.87. The van der Waals surface area contributed by atoms with Crippen LogP contribution in [-0.2, 0) is 5.41 Å². The monoisotopic (exact) mass is 310 g/mol. The van der Waals surface area contributed by atoms with Crippen LogP contribution in [-0.4, -0.2) is 18.1 Å². The second-order valence-electron chi connectivity index (χ2n) is 7.82. The van der Waals surface area contributed by atoms with Crippen molar-refractivity contribution in [3.8, 4) is 0 Å². The molecule has 1 fully saturated rings. The maximum atomic E-state index is 14.2. The van der Waals surface area contributed by atoms with Crippen molar-refractivity contribution in [2.45, 2.75) is 52.0 Å². The summed E-state index contributed by atoms with van der Waals surface area (Å²) in [4.78, 5) is 11.9. The van der Waals surface area contributed by atoms with Crippen LogP contribution in [0.3, 0.4) is 0 Å². The first-order chi connectivity index (χ1) is 9.97. The number of rotatable bonds is 3. The number of urea groups is 1. The van der Waals surface area contributed by atoms with Crippen LogP contribution in [0.15, 0.2) is 18.2 Å². The van der Waals surface area contributed by atoms with E-state index in [2.05, 4.69) is 10.6 Å². The van der Waals surface area contributed by atoms with Crippen LogP contribution in [0, 0.1) is 17.0 Å². The van der Waals surface area contributed by atoms with E-state index in [-0.39, 0.29) is 17.0 Å². The maximum Gasteiger partial charge on any atom is 0.315 e. The van der Waals surface area contributed by atoms with Crippen LogP contribution in [0.25, 0.3) is 0 Å². The van der Waals surface area contributed by atoms with Gasteiger partial charge in [0.15, 0.2) is 0 Å². The van der Waals surface area contributed by atoms with Crippen molar-refractivity contribution in [2.24, 2.45) is 5.41 Å². The molecule has 1 aliphatic rings. The molecule has 0 aromatic heterocycles. The Kier molecular flexibility index (Phi) is 3.96. The van der Waals surface area contributed by atoms with Crippen LogP contribution in [0.2, 0.25) is 0 Å². The number of carbonyl (C=O) groups is 1. The second-order valence-corrected chi connectivity index (χ2v) is 7.82. The molecular formula is C17H24F2N2O. The molecule has 0 bridgehead atoms. The first-order valence-electron chi connectivity index (χ1n) is 7.48. The minimum Gasteiger partial charge on any atom is -0.337 e. The van der Waals surface area contributed by atoms with Gasteiger partial charge < -0.3 is 10.6 Å². The fourth-order valence-electron chi connectivity index (χ4n) is 3.06. The van der Waals surface area contributed by atoms with E-state index >= 15 is 0 Å². The lowest BCUT2D eigenvalue weighted by Gasteiger charge is -2.25. The zero-order chi connectivity index (χ0) is 16.8. The van der Waals surface area contributed by atoms with E-state index in [4.69, 9.17) is 0 Å². The van der Waals surface area contributed by atoms with Gasteiger partial charge in [0.1, 0.15) is 11.6 Å². The third kappa shape index (κ3) is 3.23. The number of benzene rings is 1. The van der Waals surface area contributed by atoms with Gasteiger partial charge in [-0.3, -0.25) is 0 Å². The molecule has 0 saturated heterocycles. The molecule has 1 unspecified atom stereocenters. The Bertz CT molecular complexity index is 593. The summed E-state index contributed by atoms with van der Waals surface area (Å²) in [6.45, 7) is 10.1. The second kappa shape index (κ2) is 5.21. The van der Waals surface area contributed by atoms with Crippen LogP contribution < -0.4 is 10.6 Å². The summed E-state index contributed by atoms with van der Waals surface area (Å²) < 4.78 is 27.3. The van der Waals surface area contributed by atoms with Gasteiger partial charge in [0.25, 0.3) is 0 Å². The van der Waals surface area contributed by atoms with Crippen molar-refractivity contribution < 1.29 is 13.6 Å². The highest BCUT2D eigenvalue weighted by atomic mass is 19.1. The van der Waals surface area contributed by atoms with E-state index in [0.29, 0.717) is 12.1 Å². The molecule has 2 rings (SSSR count). The molecule has 2 N–H and O–H groups in total. The van der Waals surface area contributed by atoms with Gasteiger partial charge in [-0.05, 0) is 44.2 Å². The Morgan fingerprint density at radius 3 is 2.32 bits per heavy atom. The molecule has 0 radical (unpaired) electrons. The Balaban J connectivity index is 2.16. The van der Waals surface area contributed by atoms with Crippen LogP contribution in [0.1, 0.15) is 46.6 Å². The summed E-state index contributed by atoms with van der Waals surface area (Å²) in [6.07, 6.45) is 0.748. The van der Waals surface area contributed by atoms with Gasteiger partial charge in [-0.15, -0.1) is 0 Å². The molecule has 122 valence electrons. The van der Waals surface area contributed by atoms with Crippen molar-refractivity contribution >= 4 is 6.03 Å². The summed E-state index contributed by atoms with van der Waals surface area (Å²) in [5, 5.41) is 5.65. The minimum atomic E-state index is -0.590. The fourth-order valence-corrected chi connectivity index (χ4v) is 3.06. The first kappa shape index (κ1) is 16.7. The van der Waals surface area contributed by atoms with E-state index in [9.17, 15) is 13.6 Å². The van der Waals surface area contributed by atoms with Gasteiger partial charge >= 0.3 is 6.03 Å². The highest BCUT2D eigenvalue weighted by Crippen LogP contribution is 2.64. The number of halogens is 2. The van der Waals surface area contributed by atoms with Gasteiger partial charge in [0.05, 0.1) is 0 Å². The van der Waals surface area contributed by atoms with Gasteiger partial charge in [0, 0.05) is 23.6 Å². The van der Waals surface area contributed by atoms with Crippen molar-refractivity contribution in [1.82, 2.24) is 10.6 Å². The van der Waals surface area contributed by atoms with Crippen molar-refractivity contribution in [3.05, 3.63) is 35.4 Å². The van der Waals surface area contributed by atoms with Gasteiger partial charge in [-0.1, -0.05) is 19.9 Å². The summed E-state index contributed by atoms with van der Waals surface area (Å²) in [5.74, 6) is -1.14. The quantitative estimate of drug-likeness (QED) is 0.877. The smallest absolute Gasteiger partial charge is 0.315 e. The van der Waals surface area contributed by atoms with Crippen LogP contribution in [0.5, 0.6) is 0 Å². The molecule has 1 saturated carbocycles.